The van der Waals surface area contributed by atoms with E-state index in [1.165, 1.54) is 32.4 Å². The van der Waals surface area contributed by atoms with Crippen molar-refractivity contribution in [2.75, 3.05) is 39.9 Å². The van der Waals surface area contributed by atoms with Gasteiger partial charge in [-0.3, -0.25) is 4.90 Å². The van der Waals surface area contributed by atoms with Gasteiger partial charge >= 0.3 is 0 Å². The van der Waals surface area contributed by atoms with Gasteiger partial charge in [-0.2, -0.15) is 0 Å². The highest BCUT2D eigenvalue weighted by Crippen LogP contribution is 2.30. The first-order chi connectivity index (χ1) is 8.94. The van der Waals surface area contributed by atoms with E-state index in [-0.39, 0.29) is 0 Å². The molecule has 1 N–H and O–H groups in total. The molecule has 0 aliphatic carbocycles. The lowest BCUT2D eigenvalue weighted by Gasteiger charge is -2.31. The number of ether oxygens (including phenoxy) is 1. The molecule has 0 aromatic carbocycles. The smallest absolute Gasteiger partial charge is 0.0630 e. The molecule has 0 radical (unpaired) electrons. The molecule has 1 aliphatic heterocycles. The Morgan fingerprint density at radius 1 is 1.16 bits per heavy atom. The Bertz CT molecular complexity index is 241. The van der Waals surface area contributed by atoms with E-state index in [2.05, 4.69) is 37.9 Å². The van der Waals surface area contributed by atoms with Gasteiger partial charge in [0.25, 0.3) is 0 Å². The summed E-state index contributed by atoms with van der Waals surface area (Å²) in [5, 5.41) is 3.59. The first-order valence-electron chi connectivity index (χ1n) is 7.88. The van der Waals surface area contributed by atoms with Crippen LogP contribution < -0.4 is 5.32 Å². The normalized spacial score (nSPS) is 22.4. The van der Waals surface area contributed by atoms with Gasteiger partial charge in [0.15, 0.2) is 0 Å². The van der Waals surface area contributed by atoms with Gasteiger partial charge in [-0.15, -0.1) is 0 Å². The second-order valence-corrected chi connectivity index (χ2v) is 7.21. The highest BCUT2D eigenvalue weighted by molar-refractivity contribution is 4.81. The van der Waals surface area contributed by atoms with Gasteiger partial charge in [0, 0.05) is 19.7 Å². The van der Waals surface area contributed by atoms with Gasteiger partial charge in [0.2, 0.25) is 0 Å². The summed E-state index contributed by atoms with van der Waals surface area (Å²) < 4.78 is 5.43. The van der Waals surface area contributed by atoms with Gasteiger partial charge < -0.3 is 10.1 Å². The van der Waals surface area contributed by atoms with Crippen LogP contribution in [0.4, 0.5) is 0 Å². The predicted octanol–water partition coefficient (Wildman–Crippen LogP) is 2.76. The summed E-state index contributed by atoms with van der Waals surface area (Å²) in [5.74, 6) is 0.714. The highest BCUT2D eigenvalue weighted by atomic mass is 16.5. The van der Waals surface area contributed by atoms with Crippen LogP contribution >= 0.6 is 0 Å². The predicted molar refractivity (Wildman–Crippen MR) is 82.6 cm³/mol. The third-order valence-corrected chi connectivity index (χ3v) is 4.18. The number of rotatable bonds is 7. The molecule has 0 amide bonds. The van der Waals surface area contributed by atoms with Crippen LogP contribution in [0, 0.1) is 11.3 Å². The number of likely N-dealkylation sites (tertiary alicyclic amines) is 1. The molecule has 0 saturated carbocycles. The quantitative estimate of drug-likeness (QED) is 0.770. The first kappa shape index (κ1) is 16.9. The zero-order valence-electron chi connectivity index (χ0n) is 13.7. The van der Waals surface area contributed by atoms with Crippen molar-refractivity contribution in [3.8, 4) is 0 Å². The van der Waals surface area contributed by atoms with E-state index in [0.29, 0.717) is 17.4 Å². The molecular weight excluding hydrogens is 236 g/mol. The number of hydrogen-bond donors (Lipinski definition) is 1. The first-order valence-corrected chi connectivity index (χ1v) is 7.88. The molecule has 0 spiro atoms. The Labute approximate surface area is 120 Å². The van der Waals surface area contributed by atoms with Crippen molar-refractivity contribution in [3.05, 3.63) is 0 Å². The minimum absolute atomic E-state index is 0.512. The van der Waals surface area contributed by atoms with Crippen molar-refractivity contribution in [3.63, 3.8) is 0 Å². The third-order valence-electron chi connectivity index (χ3n) is 4.18. The van der Waals surface area contributed by atoms with E-state index in [1.807, 2.05) is 7.11 Å². The Morgan fingerprint density at radius 2 is 1.89 bits per heavy atom. The van der Waals surface area contributed by atoms with E-state index >= 15 is 0 Å². The summed E-state index contributed by atoms with van der Waals surface area (Å²) in [7, 11) is 1.82. The van der Waals surface area contributed by atoms with Gasteiger partial charge in [0.1, 0.15) is 0 Å². The van der Waals surface area contributed by atoms with Crippen molar-refractivity contribution in [2.24, 2.45) is 11.3 Å². The molecule has 3 nitrogen and oxygen atoms in total. The molecule has 19 heavy (non-hydrogen) atoms. The lowest BCUT2D eigenvalue weighted by Crippen LogP contribution is -2.46. The number of hydrogen-bond acceptors (Lipinski definition) is 3. The van der Waals surface area contributed by atoms with Crippen LogP contribution in [0.3, 0.4) is 0 Å². The van der Waals surface area contributed by atoms with E-state index in [1.54, 1.807) is 0 Å². The maximum Gasteiger partial charge on any atom is 0.0630 e. The summed E-state index contributed by atoms with van der Waals surface area (Å²) >= 11 is 0. The molecule has 3 heteroatoms. The Morgan fingerprint density at radius 3 is 2.53 bits per heavy atom. The summed E-state index contributed by atoms with van der Waals surface area (Å²) in [6, 6.07) is 0.526. The molecule has 1 fully saturated rings. The fourth-order valence-electron chi connectivity index (χ4n) is 2.83. The summed E-state index contributed by atoms with van der Waals surface area (Å²) in [5.41, 5.74) is 0.512. The molecule has 1 unspecified atom stereocenters. The van der Waals surface area contributed by atoms with E-state index in [4.69, 9.17) is 4.74 Å². The van der Waals surface area contributed by atoms with Crippen molar-refractivity contribution in [1.29, 1.82) is 0 Å². The average Bonchev–Trinajstić information content (AvgIpc) is 2.49. The van der Waals surface area contributed by atoms with Gasteiger partial charge in [0.05, 0.1) is 6.61 Å². The van der Waals surface area contributed by atoms with Crippen LogP contribution in [0.15, 0.2) is 0 Å². The molecule has 1 heterocycles. The van der Waals surface area contributed by atoms with Crippen LogP contribution in [-0.4, -0.2) is 50.8 Å². The molecular formula is C16H34N2O. The van der Waals surface area contributed by atoms with Crippen molar-refractivity contribution in [2.45, 2.75) is 53.0 Å². The average molecular weight is 270 g/mol. The molecule has 1 atom stereocenters. The van der Waals surface area contributed by atoms with Gasteiger partial charge in [-0.25, -0.2) is 0 Å². The number of methoxy groups -OCH3 is 1. The maximum absolute atomic E-state index is 5.43. The zero-order chi connectivity index (χ0) is 14.3. The second-order valence-electron chi connectivity index (χ2n) is 7.21. The Hall–Kier alpha value is -0.120. The van der Waals surface area contributed by atoms with E-state index in [0.717, 1.165) is 19.7 Å². The number of nitrogens with zero attached hydrogens (tertiary/aromatic N) is 1. The van der Waals surface area contributed by atoms with Crippen LogP contribution in [0.2, 0.25) is 0 Å². The van der Waals surface area contributed by atoms with Crippen LogP contribution in [0.5, 0.6) is 0 Å². The van der Waals surface area contributed by atoms with E-state index in [9.17, 15) is 0 Å². The molecule has 0 aromatic heterocycles. The summed E-state index contributed by atoms with van der Waals surface area (Å²) in [6.45, 7) is 14.7. The lowest BCUT2D eigenvalue weighted by atomic mass is 9.85. The SMILES string of the molecule is COCC(CNCC(C)C)N1CCCC(C)(C)CC1. The summed E-state index contributed by atoms with van der Waals surface area (Å²) in [6.07, 6.45) is 3.97. The zero-order valence-corrected chi connectivity index (χ0v) is 13.7. The summed E-state index contributed by atoms with van der Waals surface area (Å²) in [4.78, 5) is 2.63. The standard InChI is InChI=1S/C16H34N2O/c1-14(2)11-17-12-15(13-19-5)18-9-6-7-16(3,4)8-10-18/h14-15,17H,6-13H2,1-5H3. The molecule has 1 rings (SSSR count). The molecule has 1 saturated heterocycles. The van der Waals surface area contributed by atoms with Gasteiger partial charge in [-0.1, -0.05) is 27.7 Å². The fraction of sp³-hybridized carbons (Fsp3) is 1.00. The maximum atomic E-state index is 5.43. The minimum Gasteiger partial charge on any atom is -0.383 e. The lowest BCUT2D eigenvalue weighted by molar-refractivity contribution is 0.0889. The van der Waals surface area contributed by atoms with Crippen molar-refractivity contribution < 1.29 is 4.74 Å². The van der Waals surface area contributed by atoms with E-state index < -0.39 is 0 Å². The molecule has 1 aliphatic rings. The van der Waals surface area contributed by atoms with Crippen molar-refractivity contribution in [1.82, 2.24) is 10.2 Å². The third kappa shape index (κ3) is 6.73. The number of nitrogens with one attached hydrogen (secondary N) is 1. The monoisotopic (exact) mass is 270 g/mol. The van der Waals surface area contributed by atoms with Gasteiger partial charge in [-0.05, 0) is 50.2 Å². The van der Waals surface area contributed by atoms with Crippen LogP contribution in [0.1, 0.15) is 47.0 Å². The largest absolute Gasteiger partial charge is 0.383 e. The molecule has 0 aromatic rings. The fourth-order valence-corrected chi connectivity index (χ4v) is 2.83. The minimum atomic E-state index is 0.512. The highest BCUT2D eigenvalue weighted by Gasteiger charge is 2.26. The molecule has 114 valence electrons. The van der Waals surface area contributed by atoms with Crippen molar-refractivity contribution >= 4 is 0 Å². The Balaban J connectivity index is 2.45. The topological polar surface area (TPSA) is 24.5 Å². The second kappa shape index (κ2) is 8.23. The Kier molecular flexibility index (Phi) is 7.33. The van der Waals surface area contributed by atoms with Crippen LogP contribution in [-0.2, 0) is 4.74 Å². The van der Waals surface area contributed by atoms with Crippen LogP contribution in [0.25, 0.3) is 0 Å². The molecule has 0 bridgehead atoms.